The van der Waals surface area contributed by atoms with Crippen molar-refractivity contribution in [1.82, 2.24) is 14.9 Å². The van der Waals surface area contributed by atoms with E-state index in [4.69, 9.17) is 4.74 Å². The van der Waals surface area contributed by atoms with Crippen LogP contribution in [0.5, 0.6) is 5.75 Å². The van der Waals surface area contributed by atoms with Crippen LogP contribution in [0, 0.1) is 0 Å². The van der Waals surface area contributed by atoms with Crippen molar-refractivity contribution in [3.8, 4) is 11.4 Å². The molecule has 1 aliphatic rings. The second kappa shape index (κ2) is 10.5. The van der Waals surface area contributed by atoms with E-state index < -0.39 is 0 Å². The molecule has 1 unspecified atom stereocenters. The van der Waals surface area contributed by atoms with E-state index in [0.717, 1.165) is 29.1 Å². The molecule has 35 heavy (non-hydrogen) atoms. The highest BCUT2D eigenvalue weighted by Gasteiger charge is 2.23. The van der Waals surface area contributed by atoms with Crippen LogP contribution in [0.1, 0.15) is 28.4 Å². The molecule has 2 heterocycles. The first kappa shape index (κ1) is 22.7. The Balaban J connectivity index is 1.24. The van der Waals surface area contributed by atoms with Crippen molar-refractivity contribution < 1.29 is 14.3 Å². The Morgan fingerprint density at radius 3 is 2.74 bits per heavy atom. The van der Waals surface area contributed by atoms with E-state index in [9.17, 15) is 9.59 Å². The molecule has 0 aliphatic carbocycles. The molecular formula is C27H24N4O3S. The van der Waals surface area contributed by atoms with Gasteiger partial charge in [0, 0.05) is 41.3 Å². The van der Waals surface area contributed by atoms with E-state index in [1.54, 1.807) is 12.3 Å². The lowest BCUT2D eigenvalue weighted by Crippen LogP contribution is -2.33. The quantitative estimate of drug-likeness (QED) is 0.366. The fourth-order valence-corrected chi connectivity index (χ4v) is 4.76. The van der Waals surface area contributed by atoms with Crippen LogP contribution in [0.25, 0.3) is 5.69 Å². The number of carbonyl (C=O) groups excluding carboxylic acids is 2. The smallest absolute Gasteiger partial charge is 0.255 e. The van der Waals surface area contributed by atoms with E-state index >= 15 is 0 Å². The molecule has 0 bridgehead atoms. The molecule has 0 saturated heterocycles. The number of fused-ring (bicyclic) bond motifs is 1. The summed E-state index contributed by atoms with van der Waals surface area (Å²) in [6.07, 6.45) is 4.24. The average molecular weight is 485 g/mol. The van der Waals surface area contributed by atoms with Gasteiger partial charge in [0.25, 0.3) is 5.91 Å². The highest BCUT2D eigenvalue weighted by molar-refractivity contribution is 7.99. The van der Waals surface area contributed by atoms with Gasteiger partial charge in [-0.05, 0) is 36.4 Å². The van der Waals surface area contributed by atoms with Crippen LogP contribution < -0.4 is 15.4 Å². The van der Waals surface area contributed by atoms with Crippen LogP contribution in [0.15, 0.2) is 96.4 Å². The van der Waals surface area contributed by atoms with E-state index in [1.165, 1.54) is 11.8 Å². The van der Waals surface area contributed by atoms with Gasteiger partial charge in [-0.1, -0.05) is 54.2 Å². The molecule has 1 aromatic heterocycles. The maximum absolute atomic E-state index is 12.7. The topological polar surface area (TPSA) is 85.2 Å². The van der Waals surface area contributed by atoms with Gasteiger partial charge >= 0.3 is 0 Å². The summed E-state index contributed by atoms with van der Waals surface area (Å²) in [5.41, 5.74) is 3.07. The van der Waals surface area contributed by atoms with Crippen molar-refractivity contribution in [2.45, 2.75) is 17.6 Å². The molecule has 3 aromatic carbocycles. The SMILES string of the molecule is O=C(CSc1nccn1-c1cccc(C(=O)Nc2ccccc2)c1)NC1CCOc2ccccc21. The fourth-order valence-electron chi connectivity index (χ4n) is 3.97. The van der Waals surface area contributed by atoms with Gasteiger partial charge in [-0.3, -0.25) is 14.2 Å². The van der Waals surface area contributed by atoms with Crippen LogP contribution in [-0.4, -0.2) is 33.7 Å². The van der Waals surface area contributed by atoms with Crippen molar-refractivity contribution in [2.24, 2.45) is 0 Å². The van der Waals surface area contributed by atoms with E-state index in [-0.39, 0.29) is 23.6 Å². The zero-order valence-electron chi connectivity index (χ0n) is 18.9. The minimum absolute atomic E-state index is 0.0624. The lowest BCUT2D eigenvalue weighted by molar-refractivity contribution is -0.119. The summed E-state index contributed by atoms with van der Waals surface area (Å²) in [7, 11) is 0. The van der Waals surface area contributed by atoms with Gasteiger partial charge in [0.15, 0.2) is 5.16 Å². The average Bonchev–Trinajstić information content (AvgIpc) is 3.37. The number of nitrogens with zero attached hydrogens (tertiary/aromatic N) is 2. The molecule has 8 heteroatoms. The summed E-state index contributed by atoms with van der Waals surface area (Å²) in [4.78, 5) is 29.8. The van der Waals surface area contributed by atoms with Crippen LogP contribution >= 0.6 is 11.8 Å². The molecule has 0 fully saturated rings. The van der Waals surface area contributed by atoms with Crippen molar-refractivity contribution in [3.63, 3.8) is 0 Å². The number of thioether (sulfide) groups is 1. The number of amides is 2. The molecule has 7 nitrogen and oxygen atoms in total. The number of aromatic nitrogens is 2. The monoisotopic (exact) mass is 484 g/mol. The van der Waals surface area contributed by atoms with Crippen molar-refractivity contribution >= 4 is 29.3 Å². The Morgan fingerprint density at radius 1 is 1.03 bits per heavy atom. The maximum atomic E-state index is 12.7. The Bertz CT molecular complexity index is 1340. The normalized spacial score (nSPS) is 14.5. The number of imidazole rings is 1. The van der Waals surface area contributed by atoms with Crippen molar-refractivity contribution in [3.05, 3.63) is 102 Å². The second-order valence-electron chi connectivity index (χ2n) is 8.03. The molecule has 4 aromatic rings. The summed E-state index contributed by atoms with van der Waals surface area (Å²) in [6, 6.07) is 24.4. The number of anilines is 1. The lowest BCUT2D eigenvalue weighted by Gasteiger charge is -2.26. The molecule has 2 N–H and O–H groups in total. The standard InChI is InChI=1S/C27H24N4O3S/c32-25(30-23-13-16-34-24-12-5-4-11-22(23)24)18-35-27-28-14-15-31(27)21-10-6-7-19(17-21)26(33)29-20-8-2-1-3-9-20/h1-12,14-15,17,23H,13,16,18H2,(H,29,33)(H,30,32). The largest absolute Gasteiger partial charge is 0.493 e. The van der Waals surface area contributed by atoms with Crippen LogP contribution in [0.2, 0.25) is 0 Å². The second-order valence-corrected chi connectivity index (χ2v) is 8.98. The van der Waals surface area contributed by atoms with Gasteiger partial charge in [0.05, 0.1) is 18.4 Å². The molecule has 5 rings (SSSR count). The number of rotatable bonds is 7. The highest BCUT2D eigenvalue weighted by atomic mass is 32.2. The third-order valence-corrected chi connectivity index (χ3v) is 6.62. The van der Waals surface area contributed by atoms with Crippen molar-refractivity contribution in [2.75, 3.05) is 17.7 Å². The molecule has 1 aliphatic heterocycles. The highest BCUT2D eigenvalue weighted by Crippen LogP contribution is 2.31. The molecular weight excluding hydrogens is 460 g/mol. The third kappa shape index (κ3) is 5.38. The first-order valence-corrected chi connectivity index (χ1v) is 12.3. The molecule has 0 spiro atoms. The first-order chi connectivity index (χ1) is 17.2. The van der Waals surface area contributed by atoms with E-state index in [0.29, 0.717) is 17.3 Å². The molecule has 176 valence electrons. The van der Waals surface area contributed by atoms with E-state index in [2.05, 4.69) is 15.6 Å². The van der Waals surface area contributed by atoms with Gasteiger partial charge < -0.3 is 15.4 Å². The van der Waals surface area contributed by atoms with Gasteiger partial charge in [-0.2, -0.15) is 0 Å². The Morgan fingerprint density at radius 2 is 1.86 bits per heavy atom. The van der Waals surface area contributed by atoms with Crippen LogP contribution in [-0.2, 0) is 4.79 Å². The van der Waals surface area contributed by atoms with Gasteiger partial charge in [0.2, 0.25) is 5.91 Å². The number of benzene rings is 3. The van der Waals surface area contributed by atoms with E-state index in [1.807, 2.05) is 83.6 Å². The molecule has 0 radical (unpaired) electrons. The minimum atomic E-state index is -0.191. The van der Waals surface area contributed by atoms with Crippen LogP contribution in [0.4, 0.5) is 5.69 Å². The zero-order valence-corrected chi connectivity index (χ0v) is 19.7. The molecule has 0 saturated carbocycles. The Hall–Kier alpha value is -4.04. The number of hydrogen-bond donors (Lipinski definition) is 2. The van der Waals surface area contributed by atoms with Gasteiger partial charge in [-0.25, -0.2) is 4.98 Å². The summed E-state index contributed by atoms with van der Waals surface area (Å²) in [5.74, 6) is 0.791. The van der Waals surface area contributed by atoms with Gasteiger partial charge in [-0.15, -0.1) is 0 Å². The number of para-hydroxylation sites is 2. The maximum Gasteiger partial charge on any atom is 0.255 e. The third-order valence-electron chi connectivity index (χ3n) is 5.65. The molecule has 2 amide bonds. The summed E-state index contributed by atoms with van der Waals surface area (Å²) >= 11 is 1.35. The van der Waals surface area contributed by atoms with Crippen molar-refractivity contribution in [1.29, 1.82) is 0 Å². The molecule has 1 atom stereocenters. The Kier molecular flexibility index (Phi) is 6.81. The predicted molar refractivity (Wildman–Crippen MR) is 136 cm³/mol. The summed E-state index contributed by atoms with van der Waals surface area (Å²) in [6.45, 7) is 0.577. The Labute approximate surface area is 207 Å². The number of ether oxygens (including phenoxy) is 1. The van der Waals surface area contributed by atoms with Crippen LogP contribution in [0.3, 0.4) is 0 Å². The minimum Gasteiger partial charge on any atom is -0.493 e. The number of nitrogens with one attached hydrogen (secondary N) is 2. The van der Waals surface area contributed by atoms with Gasteiger partial charge in [0.1, 0.15) is 5.75 Å². The summed E-state index contributed by atoms with van der Waals surface area (Å²) < 4.78 is 7.56. The zero-order chi connectivity index (χ0) is 24.0. The fraction of sp³-hybridized carbons (Fsp3) is 0.148. The summed E-state index contributed by atoms with van der Waals surface area (Å²) in [5, 5.41) is 6.69. The number of hydrogen-bond acceptors (Lipinski definition) is 5. The predicted octanol–water partition coefficient (Wildman–Crippen LogP) is 4.86. The number of carbonyl (C=O) groups is 2. The first-order valence-electron chi connectivity index (χ1n) is 11.3. The lowest BCUT2D eigenvalue weighted by atomic mass is 10.0.